The number of hydroxylamine groups is 1. The topological polar surface area (TPSA) is 47.6 Å². The first-order valence-corrected chi connectivity index (χ1v) is 4.93. The summed E-state index contributed by atoms with van der Waals surface area (Å²) in [6.07, 6.45) is 0. The number of rotatable bonds is 3. The maximum Gasteiger partial charge on any atom is 0.274 e. The molecule has 80 valence electrons. The predicted octanol–water partition coefficient (Wildman–Crippen LogP) is 1.40. The van der Waals surface area contributed by atoms with Crippen molar-refractivity contribution in [3.63, 3.8) is 0 Å². The van der Waals surface area contributed by atoms with E-state index >= 15 is 0 Å². The van der Waals surface area contributed by atoms with E-state index in [2.05, 4.69) is 5.48 Å². The first-order valence-electron chi connectivity index (χ1n) is 4.93. The fraction of sp³-hybridized carbons (Fsp3) is 0.364. The van der Waals surface area contributed by atoms with E-state index in [-0.39, 0.29) is 5.91 Å². The third-order valence-electron chi connectivity index (χ3n) is 2.29. The molecule has 1 aromatic rings. The molecule has 0 atom stereocenters. The highest BCUT2D eigenvalue weighted by Crippen LogP contribution is 2.20. The third kappa shape index (κ3) is 2.16. The number of ether oxygens (including phenoxy) is 1. The summed E-state index contributed by atoms with van der Waals surface area (Å²) in [7, 11) is 0. The Morgan fingerprint density at radius 3 is 3.07 bits per heavy atom. The normalized spacial score (nSPS) is 13.7. The molecule has 4 nitrogen and oxygen atoms in total. The molecule has 1 aromatic carbocycles. The zero-order valence-electron chi connectivity index (χ0n) is 8.58. The molecule has 2 rings (SSSR count). The van der Waals surface area contributed by atoms with Crippen LogP contribution in [0.3, 0.4) is 0 Å². The SMILES string of the molecule is CCONC(=O)c1ccc2c(c1)COC2. The Morgan fingerprint density at radius 2 is 2.27 bits per heavy atom. The highest BCUT2D eigenvalue weighted by atomic mass is 16.6. The summed E-state index contributed by atoms with van der Waals surface area (Å²) < 4.78 is 5.27. The summed E-state index contributed by atoms with van der Waals surface area (Å²) in [4.78, 5) is 16.4. The van der Waals surface area contributed by atoms with Crippen molar-refractivity contribution < 1.29 is 14.4 Å². The fourth-order valence-corrected chi connectivity index (χ4v) is 1.51. The van der Waals surface area contributed by atoms with E-state index in [0.717, 1.165) is 11.1 Å². The maximum absolute atomic E-state index is 11.5. The molecule has 1 aliphatic heterocycles. The van der Waals surface area contributed by atoms with E-state index in [9.17, 15) is 4.79 Å². The first kappa shape index (κ1) is 10.1. The molecule has 1 N–H and O–H groups in total. The summed E-state index contributed by atoms with van der Waals surface area (Å²) in [5.74, 6) is -0.216. The minimum Gasteiger partial charge on any atom is -0.372 e. The summed E-state index contributed by atoms with van der Waals surface area (Å²) >= 11 is 0. The van der Waals surface area contributed by atoms with Gasteiger partial charge in [-0.25, -0.2) is 5.48 Å². The molecule has 0 unspecified atom stereocenters. The molecular formula is C11H13NO3. The number of carbonyl (C=O) groups is 1. The summed E-state index contributed by atoms with van der Waals surface area (Å²) in [5.41, 5.74) is 5.20. The summed E-state index contributed by atoms with van der Waals surface area (Å²) in [5, 5.41) is 0. The van der Waals surface area contributed by atoms with Crippen molar-refractivity contribution in [2.75, 3.05) is 6.61 Å². The zero-order chi connectivity index (χ0) is 10.7. The number of carbonyl (C=O) groups excluding carboxylic acids is 1. The molecule has 15 heavy (non-hydrogen) atoms. The van der Waals surface area contributed by atoms with E-state index in [1.54, 1.807) is 6.07 Å². The number of benzene rings is 1. The van der Waals surface area contributed by atoms with Gasteiger partial charge in [-0.15, -0.1) is 0 Å². The lowest BCUT2D eigenvalue weighted by Gasteiger charge is -2.04. The van der Waals surface area contributed by atoms with E-state index < -0.39 is 0 Å². The van der Waals surface area contributed by atoms with Gasteiger partial charge in [0.25, 0.3) is 5.91 Å². The Bertz CT molecular complexity index is 376. The van der Waals surface area contributed by atoms with Gasteiger partial charge in [0.15, 0.2) is 0 Å². The van der Waals surface area contributed by atoms with Crippen LogP contribution in [0.25, 0.3) is 0 Å². The van der Waals surface area contributed by atoms with Gasteiger partial charge in [0.2, 0.25) is 0 Å². The number of hydrogen-bond donors (Lipinski definition) is 1. The largest absolute Gasteiger partial charge is 0.372 e. The first-order chi connectivity index (χ1) is 7.31. The molecule has 1 heterocycles. The van der Waals surface area contributed by atoms with Crippen LogP contribution < -0.4 is 5.48 Å². The van der Waals surface area contributed by atoms with Crippen LogP contribution in [0.2, 0.25) is 0 Å². The lowest BCUT2D eigenvalue weighted by atomic mass is 10.1. The Balaban J connectivity index is 2.12. The van der Waals surface area contributed by atoms with Crippen molar-refractivity contribution in [1.82, 2.24) is 5.48 Å². The Hall–Kier alpha value is -1.39. The minimum atomic E-state index is -0.216. The lowest BCUT2D eigenvalue weighted by Crippen LogP contribution is -2.23. The minimum absolute atomic E-state index is 0.216. The van der Waals surface area contributed by atoms with Crippen LogP contribution in [0.4, 0.5) is 0 Å². The van der Waals surface area contributed by atoms with Crippen LogP contribution in [0.5, 0.6) is 0 Å². The van der Waals surface area contributed by atoms with Crippen molar-refractivity contribution in [2.24, 2.45) is 0 Å². The van der Waals surface area contributed by atoms with Gasteiger partial charge < -0.3 is 4.74 Å². The Labute approximate surface area is 88.1 Å². The Morgan fingerprint density at radius 1 is 1.47 bits per heavy atom. The summed E-state index contributed by atoms with van der Waals surface area (Å²) in [6, 6.07) is 5.54. The van der Waals surface area contributed by atoms with E-state index in [1.807, 2.05) is 19.1 Å². The van der Waals surface area contributed by atoms with Gasteiger partial charge in [-0.2, -0.15) is 0 Å². The van der Waals surface area contributed by atoms with E-state index in [1.165, 1.54) is 0 Å². The van der Waals surface area contributed by atoms with Crippen LogP contribution >= 0.6 is 0 Å². The zero-order valence-corrected chi connectivity index (χ0v) is 8.58. The molecule has 0 radical (unpaired) electrons. The molecule has 0 spiro atoms. The van der Waals surface area contributed by atoms with Gasteiger partial charge in [-0.05, 0) is 30.2 Å². The number of nitrogens with one attached hydrogen (secondary N) is 1. The monoisotopic (exact) mass is 207 g/mol. The summed E-state index contributed by atoms with van der Waals surface area (Å²) in [6.45, 7) is 3.50. The highest BCUT2D eigenvalue weighted by Gasteiger charge is 2.13. The van der Waals surface area contributed by atoms with Crippen molar-refractivity contribution in [2.45, 2.75) is 20.1 Å². The molecule has 0 saturated carbocycles. The third-order valence-corrected chi connectivity index (χ3v) is 2.29. The molecule has 1 amide bonds. The molecule has 0 fully saturated rings. The van der Waals surface area contributed by atoms with E-state index in [4.69, 9.17) is 9.57 Å². The number of amides is 1. The van der Waals surface area contributed by atoms with Crippen LogP contribution in [-0.4, -0.2) is 12.5 Å². The van der Waals surface area contributed by atoms with Gasteiger partial charge in [0.05, 0.1) is 19.8 Å². The van der Waals surface area contributed by atoms with Crippen LogP contribution in [-0.2, 0) is 22.8 Å². The quantitative estimate of drug-likeness (QED) is 0.762. The molecule has 0 bridgehead atoms. The molecule has 1 aliphatic rings. The molecule has 0 aliphatic carbocycles. The van der Waals surface area contributed by atoms with Crippen LogP contribution in [0.15, 0.2) is 18.2 Å². The van der Waals surface area contributed by atoms with Gasteiger partial charge >= 0.3 is 0 Å². The smallest absolute Gasteiger partial charge is 0.274 e. The number of hydrogen-bond acceptors (Lipinski definition) is 3. The fourth-order valence-electron chi connectivity index (χ4n) is 1.51. The van der Waals surface area contributed by atoms with Crippen LogP contribution in [0.1, 0.15) is 28.4 Å². The predicted molar refractivity (Wildman–Crippen MR) is 54.0 cm³/mol. The lowest BCUT2D eigenvalue weighted by molar-refractivity contribution is 0.0364. The van der Waals surface area contributed by atoms with Crippen LogP contribution in [0, 0.1) is 0 Å². The second-order valence-electron chi connectivity index (χ2n) is 3.34. The second-order valence-corrected chi connectivity index (χ2v) is 3.34. The Kier molecular flexibility index (Phi) is 2.99. The van der Waals surface area contributed by atoms with Crippen molar-refractivity contribution in [3.05, 3.63) is 34.9 Å². The standard InChI is InChI=1S/C11H13NO3/c1-2-15-12-11(13)8-3-4-9-6-14-7-10(9)5-8/h3-5H,2,6-7H2,1H3,(H,12,13). The second kappa shape index (κ2) is 4.42. The average molecular weight is 207 g/mol. The van der Waals surface area contributed by atoms with Crippen molar-refractivity contribution in [1.29, 1.82) is 0 Å². The van der Waals surface area contributed by atoms with E-state index in [0.29, 0.717) is 25.4 Å². The van der Waals surface area contributed by atoms with Crippen molar-refractivity contribution >= 4 is 5.91 Å². The molecule has 4 heteroatoms. The highest BCUT2D eigenvalue weighted by molar-refractivity contribution is 5.93. The molecule has 0 saturated heterocycles. The van der Waals surface area contributed by atoms with Gasteiger partial charge in [-0.1, -0.05) is 6.07 Å². The maximum atomic E-state index is 11.5. The van der Waals surface area contributed by atoms with Crippen molar-refractivity contribution in [3.8, 4) is 0 Å². The molecule has 0 aromatic heterocycles. The van der Waals surface area contributed by atoms with Gasteiger partial charge in [0.1, 0.15) is 0 Å². The van der Waals surface area contributed by atoms with Gasteiger partial charge in [-0.3, -0.25) is 9.63 Å². The molecular weight excluding hydrogens is 194 g/mol. The number of fused-ring (bicyclic) bond motifs is 1. The van der Waals surface area contributed by atoms with Gasteiger partial charge in [0, 0.05) is 5.56 Å². The average Bonchev–Trinajstić information content (AvgIpc) is 2.72.